The molecule has 0 unspecified atom stereocenters. The van der Waals surface area contributed by atoms with Crippen molar-refractivity contribution in [2.24, 2.45) is 0 Å². The van der Waals surface area contributed by atoms with Gasteiger partial charge in [0, 0.05) is 17.5 Å². The highest BCUT2D eigenvalue weighted by molar-refractivity contribution is 7.90. The van der Waals surface area contributed by atoms with E-state index in [0.717, 1.165) is 12.1 Å². The highest BCUT2D eigenvalue weighted by Gasteiger charge is 2.27. The maximum atomic E-state index is 13.6. The van der Waals surface area contributed by atoms with Gasteiger partial charge in [-0.2, -0.15) is 0 Å². The van der Waals surface area contributed by atoms with Crippen LogP contribution >= 0.6 is 0 Å². The van der Waals surface area contributed by atoms with Gasteiger partial charge in [0.2, 0.25) is 0 Å². The zero-order valence-corrected chi connectivity index (χ0v) is 12.2. The number of benzene rings is 1. The summed E-state index contributed by atoms with van der Waals surface area (Å²) in [5, 5.41) is 0. The third kappa shape index (κ3) is 2.62. The molecule has 1 amide bonds. The minimum atomic E-state index is -4.31. The van der Waals surface area contributed by atoms with Crippen molar-refractivity contribution in [3.63, 3.8) is 0 Å². The summed E-state index contributed by atoms with van der Waals surface area (Å²) in [4.78, 5) is 11.5. The summed E-state index contributed by atoms with van der Waals surface area (Å²) in [5.74, 6) is -1.94. The summed E-state index contributed by atoms with van der Waals surface area (Å²) < 4.78 is 49.9. The number of nitrogens with one attached hydrogen (secondary N) is 1. The van der Waals surface area contributed by atoms with E-state index >= 15 is 0 Å². The second-order valence-electron chi connectivity index (χ2n) is 4.74. The summed E-state index contributed by atoms with van der Waals surface area (Å²) in [5.41, 5.74) is 1.33. The van der Waals surface area contributed by atoms with Crippen molar-refractivity contribution in [3.8, 4) is 0 Å². The van der Waals surface area contributed by atoms with Crippen LogP contribution in [-0.4, -0.2) is 20.9 Å². The van der Waals surface area contributed by atoms with Crippen LogP contribution in [-0.2, 0) is 27.8 Å². The molecule has 1 N–H and O–H groups in total. The molecule has 22 heavy (non-hydrogen) atoms. The number of hydrogen-bond acceptors (Lipinski definition) is 5. The molecule has 1 aromatic heterocycles. The van der Waals surface area contributed by atoms with Gasteiger partial charge in [0.05, 0.1) is 19.5 Å². The summed E-state index contributed by atoms with van der Waals surface area (Å²) in [7, 11) is -4.31. The number of halogens is 1. The van der Waals surface area contributed by atoms with Crippen molar-refractivity contribution in [2.75, 3.05) is 6.61 Å². The van der Waals surface area contributed by atoms with E-state index in [1.165, 1.54) is 18.4 Å². The summed E-state index contributed by atoms with van der Waals surface area (Å²) in [6.07, 6.45) is 1.81. The third-order valence-corrected chi connectivity index (χ3v) is 4.66. The van der Waals surface area contributed by atoms with E-state index in [2.05, 4.69) is 0 Å². The topological polar surface area (TPSA) is 85.6 Å². The maximum absolute atomic E-state index is 13.6. The standard InChI is InChI=1S/C14H12FNO5S/c15-11-3-1-2-4-12(11)22(18,19)16-14(17)13-10-5-6-20-7-9(10)8-21-13/h1-4,8H,5-7H2,(H,16,17). The van der Waals surface area contributed by atoms with E-state index in [0.29, 0.717) is 30.8 Å². The molecule has 0 saturated heterocycles. The van der Waals surface area contributed by atoms with Crippen molar-refractivity contribution >= 4 is 15.9 Å². The monoisotopic (exact) mass is 325 g/mol. The van der Waals surface area contributed by atoms with Crippen LogP contribution in [0.25, 0.3) is 0 Å². The molecule has 1 aliphatic rings. The Balaban J connectivity index is 1.88. The SMILES string of the molecule is O=C(NS(=O)(=O)c1ccccc1F)c1occ2c1CCOC2. The smallest absolute Gasteiger partial charge is 0.300 e. The average Bonchev–Trinajstić information content (AvgIpc) is 2.91. The second-order valence-corrected chi connectivity index (χ2v) is 6.39. The summed E-state index contributed by atoms with van der Waals surface area (Å²) in [6, 6.07) is 4.81. The van der Waals surface area contributed by atoms with E-state index in [1.807, 2.05) is 4.72 Å². The summed E-state index contributed by atoms with van der Waals surface area (Å²) >= 11 is 0. The molecule has 0 radical (unpaired) electrons. The van der Waals surface area contributed by atoms with Crippen LogP contribution in [0.2, 0.25) is 0 Å². The number of ether oxygens (including phenoxy) is 1. The number of carbonyl (C=O) groups is 1. The molecule has 0 fully saturated rings. The minimum absolute atomic E-state index is 0.0850. The van der Waals surface area contributed by atoms with Crippen LogP contribution < -0.4 is 4.72 Å². The van der Waals surface area contributed by atoms with E-state index in [-0.39, 0.29) is 5.76 Å². The van der Waals surface area contributed by atoms with Gasteiger partial charge in [-0.1, -0.05) is 12.1 Å². The van der Waals surface area contributed by atoms with Crippen molar-refractivity contribution < 1.29 is 26.8 Å². The van der Waals surface area contributed by atoms with Gasteiger partial charge in [0.1, 0.15) is 10.7 Å². The lowest BCUT2D eigenvalue weighted by Crippen LogP contribution is -2.31. The van der Waals surface area contributed by atoms with E-state index < -0.39 is 26.6 Å². The van der Waals surface area contributed by atoms with Gasteiger partial charge in [0.15, 0.2) is 5.76 Å². The van der Waals surface area contributed by atoms with Gasteiger partial charge in [-0.05, 0) is 12.1 Å². The van der Waals surface area contributed by atoms with Gasteiger partial charge in [-0.25, -0.2) is 17.5 Å². The fourth-order valence-corrected chi connectivity index (χ4v) is 3.28. The van der Waals surface area contributed by atoms with Crippen LogP contribution in [0.4, 0.5) is 4.39 Å². The fraction of sp³-hybridized carbons (Fsp3) is 0.214. The number of hydrogen-bond donors (Lipinski definition) is 1. The van der Waals surface area contributed by atoms with Gasteiger partial charge in [-0.15, -0.1) is 0 Å². The fourth-order valence-electron chi connectivity index (χ4n) is 2.25. The lowest BCUT2D eigenvalue weighted by molar-refractivity contribution is 0.0947. The minimum Gasteiger partial charge on any atom is -0.458 e. The molecule has 0 atom stereocenters. The molecule has 2 aromatic rings. The first kappa shape index (κ1) is 14.7. The largest absolute Gasteiger partial charge is 0.458 e. The van der Waals surface area contributed by atoms with Gasteiger partial charge < -0.3 is 9.15 Å². The quantitative estimate of drug-likeness (QED) is 0.926. The molecular formula is C14H12FNO5S. The third-order valence-electron chi connectivity index (χ3n) is 3.29. The lowest BCUT2D eigenvalue weighted by Gasteiger charge is -2.12. The van der Waals surface area contributed by atoms with Crippen LogP contribution in [0.15, 0.2) is 39.8 Å². The Hall–Kier alpha value is -2.19. The predicted octanol–water partition coefficient (Wildman–Crippen LogP) is 1.61. The van der Waals surface area contributed by atoms with Gasteiger partial charge >= 0.3 is 5.91 Å². The van der Waals surface area contributed by atoms with Crippen molar-refractivity contribution in [2.45, 2.75) is 17.9 Å². The molecular weight excluding hydrogens is 313 g/mol. The highest BCUT2D eigenvalue weighted by Crippen LogP contribution is 2.23. The molecule has 8 heteroatoms. The Morgan fingerprint density at radius 1 is 1.27 bits per heavy atom. The average molecular weight is 325 g/mol. The van der Waals surface area contributed by atoms with E-state index in [1.54, 1.807) is 0 Å². The molecule has 6 nitrogen and oxygen atoms in total. The first-order valence-corrected chi connectivity index (χ1v) is 7.96. The number of amides is 1. The normalized spacial score (nSPS) is 14.4. The lowest BCUT2D eigenvalue weighted by atomic mass is 10.1. The molecule has 0 spiro atoms. The summed E-state index contributed by atoms with van der Waals surface area (Å²) in [6.45, 7) is 0.735. The molecule has 116 valence electrons. The van der Waals surface area contributed by atoms with Crippen LogP contribution in [0.1, 0.15) is 21.7 Å². The van der Waals surface area contributed by atoms with Gasteiger partial charge in [0.25, 0.3) is 10.0 Å². The van der Waals surface area contributed by atoms with Gasteiger partial charge in [-0.3, -0.25) is 4.79 Å². The Kier molecular flexibility index (Phi) is 3.71. The number of furan rings is 1. The maximum Gasteiger partial charge on any atom is 0.300 e. The van der Waals surface area contributed by atoms with Crippen molar-refractivity contribution in [1.82, 2.24) is 4.72 Å². The molecule has 2 heterocycles. The second kappa shape index (κ2) is 5.54. The molecule has 0 aliphatic carbocycles. The van der Waals surface area contributed by atoms with Crippen LogP contribution in [0.5, 0.6) is 0 Å². The molecule has 1 aromatic carbocycles. The van der Waals surface area contributed by atoms with E-state index in [4.69, 9.17) is 9.15 Å². The molecule has 3 rings (SSSR count). The van der Waals surface area contributed by atoms with E-state index in [9.17, 15) is 17.6 Å². The van der Waals surface area contributed by atoms with Crippen molar-refractivity contribution in [1.29, 1.82) is 0 Å². The molecule has 1 aliphatic heterocycles. The molecule has 0 saturated carbocycles. The first-order valence-electron chi connectivity index (χ1n) is 6.47. The Labute approximate surface area is 125 Å². The Morgan fingerprint density at radius 3 is 2.82 bits per heavy atom. The van der Waals surface area contributed by atoms with Crippen LogP contribution in [0.3, 0.4) is 0 Å². The Morgan fingerprint density at radius 2 is 2.05 bits per heavy atom. The number of rotatable bonds is 3. The highest BCUT2D eigenvalue weighted by atomic mass is 32.2. The number of sulfonamides is 1. The van der Waals surface area contributed by atoms with Crippen molar-refractivity contribution in [3.05, 3.63) is 53.2 Å². The number of carbonyl (C=O) groups excluding carboxylic acids is 1. The molecule has 0 bridgehead atoms. The first-order chi connectivity index (χ1) is 10.5. The Bertz CT molecular complexity index is 828. The zero-order valence-electron chi connectivity index (χ0n) is 11.3. The number of fused-ring (bicyclic) bond motifs is 1. The zero-order chi connectivity index (χ0) is 15.7. The predicted molar refractivity (Wildman–Crippen MR) is 73.1 cm³/mol. The van der Waals surface area contributed by atoms with Crippen LogP contribution in [0, 0.1) is 5.82 Å².